The number of aryl methyl sites for hydroxylation is 2. The molecule has 0 aliphatic carbocycles. The number of aromatic nitrogens is 1. The molecular weight excluding hydrogens is 434 g/mol. The molecule has 3 aromatic carbocycles. The van der Waals surface area contributed by atoms with Crippen molar-refractivity contribution in [1.82, 2.24) is 9.88 Å². The van der Waals surface area contributed by atoms with Crippen molar-refractivity contribution < 1.29 is 9.90 Å². The third kappa shape index (κ3) is 4.96. The van der Waals surface area contributed by atoms with E-state index in [0.29, 0.717) is 5.56 Å². The first-order chi connectivity index (χ1) is 17.0. The molecule has 0 bridgehead atoms. The number of fused-ring (bicyclic) bond motifs is 1. The van der Waals surface area contributed by atoms with Crippen LogP contribution in [-0.2, 0) is 6.42 Å². The Morgan fingerprint density at radius 1 is 1.00 bits per heavy atom. The van der Waals surface area contributed by atoms with Crippen LogP contribution in [0.3, 0.4) is 0 Å². The van der Waals surface area contributed by atoms with Crippen molar-refractivity contribution in [3.05, 3.63) is 95.2 Å². The van der Waals surface area contributed by atoms with Crippen LogP contribution in [0.2, 0.25) is 0 Å². The van der Waals surface area contributed by atoms with Gasteiger partial charge in [-0.1, -0.05) is 48.0 Å². The molecule has 0 radical (unpaired) electrons. The molecule has 1 aliphatic rings. The van der Waals surface area contributed by atoms with E-state index >= 15 is 0 Å². The Morgan fingerprint density at radius 3 is 2.43 bits per heavy atom. The molecule has 5 heteroatoms. The van der Waals surface area contributed by atoms with Crippen LogP contribution in [0.1, 0.15) is 40.0 Å². The number of aromatic hydroxyl groups is 1. The van der Waals surface area contributed by atoms with Crippen LogP contribution in [0.5, 0.6) is 5.75 Å². The molecule has 1 aromatic heterocycles. The monoisotopic (exact) mass is 467 g/mol. The number of H-pyrrole nitrogens is 1. The molecule has 1 amide bonds. The molecule has 35 heavy (non-hydrogen) atoms. The third-order valence-electron chi connectivity index (χ3n) is 7.20. The quantitative estimate of drug-likeness (QED) is 0.374. The van der Waals surface area contributed by atoms with Gasteiger partial charge in [0.15, 0.2) is 0 Å². The zero-order valence-corrected chi connectivity index (χ0v) is 20.5. The number of aromatic amines is 1. The van der Waals surface area contributed by atoms with Gasteiger partial charge in [-0.15, -0.1) is 0 Å². The molecule has 0 spiro atoms. The van der Waals surface area contributed by atoms with Gasteiger partial charge in [0.05, 0.1) is 5.56 Å². The van der Waals surface area contributed by atoms with E-state index in [9.17, 15) is 9.90 Å². The number of nitrogens with one attached hydrogen (secondary N) is 1. The van der Waals surface area contributed by atoms with Crippen molar-refractivity contribution in [1.29, 1.82) is 0 Å². The molecule has 0 atom stereocenters. The summed E-state index contributed by atoms with van der Waals surface area (Å²) in [5.41, 5.74) is 5.80. The molecule has 5 rings (SSSR count). The number of benzene rings is 3. The number of hydrogen-bond acceptors (Lipinski definition) is 3. The highest BCUT2D eigenvalue weighted by molar-refractivity contribution is 6.15. The van der Waals surface area contributed by atoms with Gasteiger partial charge in [0, 0.05) is 48.0 Å². The minimum atomic E-state index is -0.00839. The van der Waals surface area contributed by atoms with E-state index in [1.54, 1.807) is 12.1 Å². The summed E-state index contributed by atoms with van der Waals surface area (Å²) in [5, 5.41) is 10.9. The van der Waals surface area contributed by atoms with Crippen LogP contribution < -0.4 is 4.90 Å². The lowest BCUT2D eigenvalue weighted by molar-refractivity contribution is 0.0961. The van der Waals surface area contributed by atoms with Gasteiger partial charge in [-0.2, -0.15) is 0 Å². The van der Waals surface area contributed by atoms with Crippen molar-refractivity contribution in [2.24, 2.45) is 0 Å². The summed E-state index contributed by atoms with van der Waals surface area (Å²) in [6.07, 6.45) is 2.91. The first-order valence-corrected chi connectivity index (χ1v) is 12.5. The zero-order chi connectivity index (χ0) is 24.4. The van der Waals surface area contributed by atoms with E-state index in [4.69, 9.17) is 0 Å². The molecule has 5 nitrogen and oxygen atoms in total. The number of piperidine rings is 1. The summed E-state index contributed by atoms with van der Waals surface area (Å²) in [6, 6.07) is 24.2. The average Bonchev–Trinajstić information content (AvgIpc) is 3.20. The van der Waals surface area contributed by atoms with Crippen LogP contribution in [0, 0.1) is 13.8 Å². The second-order valence-electron chi connectivity index (χ2n) is 9.67. The van der Waals surface area contributed by atoms with E-state index in [1.807, 2.05) is 17.9 Å². The van der Waals surface area contributed by atoms with E-state index in [-0.39, 0.29) is 17.7 Å². The number of nitrogens with zero attached hydrogens (tertiary/aromatic N) is 2. The van der Waals surface area contributed by atoms with Crippen molar-refractivity contribution >= 4 is 22.5 Å². The number of hydrogen-bond donors (Lipinski definition) is 2. The summed E-state index contributed by atoms with van der Waals surface area (Å²) in [4.78, 5) is 22.0. The standard InChI is InChI=1S/C30H33N3O2/c1-21-8-10-24(11-9-21)33(30(35)29-22(2)31-28-13-12-26(34)20-27(28)29)25-15-18-32(19-16-25)17-14-23-6-4-3-5-7-23/h3-13,20,25,31,34H,14-19H2,1-2H3. The fraction of sp³-hybridized carbons (Fsp3) is 0.300. The average molecular weight is 468 g/mol. The molecule has 0 unspecified atom stereocenters. The Kier molecular flexibility index (Phi) is 6.60. The Labute approximate surface area is 207 Å². The lowest BCUT2D eigenvalue weighted by Gasteiger charge is -2.39. The Hall–Kier alpha value is -3.57. The molecule has 1 fully saturated rings. The lowest BCUT2D eigenvalue weighted by Crippen LogP contribution is -2.48. The second kappa shape index (κ2) is 9.96. The van der Waals surface area contributed by atoms with Crippen molar-refractivity contribution in [3.8, 4) is 5.75 Å². The van der Waals surface area contributed by atoms with E-state index in [1.165, 1.54) is 11.1 Å². The van der Waals surface area contributed by atoms with Crippen molar-refractivity contribution in [2.75, 3.05) is 24.5 Å². The van der Waals surface area contributed by atoms with Gasteiger partial charge in [0.1, 0.15) is 5.75 Å². The molecule has 1 saturated heterocycles. The summed E-state index contributed by atoms with van der Waals surface area (Å²) in [5.74, 6) is 0.157. The largest absolute Gasteiger partial charge is 0.508 e. The predicted octanol–water partition coefficient (Wildman–Crippen LogP) is 5.84. The minimum Gasteiger partial charge on any atom is -0.508 e. The van der Waals surface area contributed by atoms with Crippen LogP contribution >= 0.6 is 0 Å². The fourth-order valence-corrected chi connectivity index (χ4v) is 5.24. The number of phenolic OH excluding ortho intramolecular Hbond substituents is 1. The highest BCUT2D eigenvalue weighted by atomic mass is 16.3. The van der Waals surface area contributed by atoms with Crippen LogP contribution in [0.4, 0.5) is 5.69 Å². The van der Waals surface area contributed by atoms with Gasteiger partial charge >= 0.3 is 0 Å². The highest BCUT2D eigenvalue weighted by Gasteiger charge is 2.32. The summed E-state index contributed by atoms with van der Waals surface area (Å²) in [7, 11) is 0. The number of rotatable bonds is 6. The van der Waals surface area contributed by atoms with E-state index < -0.39 is 0 Å². The number of phenols is 1. The maximum atomic E-state index is 14.1. The van der Waals surface area contributed by atoms with Gasteiger partial charge < -0.3 is 19.9 Å². The normalized spacial score (nSPS) is 14.9. The van der Waals surface area contributed by atoms with Gasteiger partial charge in [-0.05, 0) is 69.0 Å². The van der Waals surface area contributed by atoms with Gasteiger partial charge in [0.2, 0.25) is 0 Å². The highest BCUT2D eigenvalue weighted by Crippen LogP contribution is 2.32. The molecule has 180 valence electrons. The fourth-order valence-electron chi connectivity index (χ4n) is 5.24. The van der Waals surface area contributed by atoms with E-state index in [0.717, 1.165) is 61.2 Å². The predicted molar refractivity (Wildman–Crippen MR) is 142 cm³/mol. The van der Waals surface area contributed by atoms with Crippen LogP contribution in [-0.4, -0.2) is 46.6 Å². The molecule has 4 aromatic rings. The van der Waals surface area contributed by atoms with Gasteiger partial charge in [-0.3, -0.25) is 4.79 Å². The smallest absolute Gasteiger partial charge is 0.260 e. The summed E-state index contributed by atoms with van der Waals surface area (Å²) < 4.78 is 0. The maximum Gasteiger partial charge on any atom is 0.260 e. The topological polar surface area (TPSA) is 59.6 Å². The Balaban J connectivity index is 1.39. The van der Waals surface area contributed by atoms with Gasteiger partial charge in [0.25, 0.3) is 5.91 Å². The lowest BCUT2D eigenvalue weighted by atomic mass is 9.99. The number of amides is 1. The molecule has 2 N–H and O–H groups in total. The summed E-state index contributed by atoms with van der Waals surface area (Å²) in [6.45, 7) is 6.98. The van der Waals surface area contributed by atoms with E-state index in [2.05, 4.69) is 71.4 Å². The molecule has 2 heterocycles. The van der Waals surface area contributed by atoms with Crippen molar-refractivity contribution in [3.63, 3.8) is 0 Å². The second-order valence-corrected chi connectivity index (χ2v) is 9.67. The number of carbonyl (C=O) groups is 1. The number of likely N-dealkylation sites (tertiary alicyclic amines) is 1. The van der Waals surface area contributed by atoms with Crippen LogP contribution in [0.15, 0.2) is 72.8 Å². The van der Waals surface area contributed by atoms with Crippen LogP contribution in [0.25, 0.3) is 10.9 Å². The Bertz CT molecular complexity index is 1300. The first-order valence-electron chi connectivity index (χ1n) is 12.5. The van der Waals surface area contributed by atoms with Gasteiger partial charge in [-0.25, -0.2) is 0 Å². The molecule has 0 saturated carbocycles. The third-order valence-corrected chi connectivity index (χ3v) is 7.20. The molecular formula is C30H33N3O2. The Morgan fingerprint density at radius 2 is 1.71 bits per heavy atom. The SMILES string of the molecule is Cc1ccc(N(C(=O)c2c(C)[nH]c3ccc(O)cc23)C2CCN(CCc3ccccc3)CC2)cc1. The van der Waals surface area contributed by atoms with Crippen molar-refractivity contribution in [2.45, 2.75) is 39.2 Å². The first kappa shape index (κ1) is 23.2. The number of carbonyl (C=O) groups excluding carboxylic acids is 1. The zero-order valence-electron chi connectivity index (χ0n) is 20.5. The summed E-state index contributed by atoms with van der Waals surface area (Å²) >= 11 is 0. The number of anilines is 1. The maximum absolute atomic E-state index is 14.1. The minimum absolute atomic E-state index is 0.00839. The molecule has 1 aliphatic heterocycles.